The summed E-state index contributed by atoms with van der Waals surface area (Å²) in [5, 5.41) is 6.55. The number of pyridine rings is 1. The van der Waals surface area contributed by atoms with Gasteiger partial charge in [-0.25, -0.2) is 9.97 Å². The summed E-state index contributed by atoms with van der Waals surface area (Å²) in [6.45, 7) is 5.66. The lowest BCUT2D eigenvalue weighted by atomic mass is 10.2. The fourth-order valence-corrected chi connectivity index (χ4v) is 2.13. The summed E-state index contributed by atoms with van der Waals surface area (Å²) in [4.78, 5) is 12.7. The molecule has 0 amide bonds. The Morgan fingerprint density at radius 2 is 1.85 bits per heavy atom. The van der Waals surface area contributed by atoms with E-state index >= 15 is 0 Å². The van der Waals surface area contributed by atoms with Gasteiger partial charge in [0.2, 0.25) is 0 Å². The lowest BCUT2D eigenvalue weighted by molar-refractivity contribution is 0.959. The fourth-order valence-electron chi connectivity index (χ4n) is 1.65. The van der Waals surface area contributed by atoms with Crippen LogP contribution < -0.4 is 10.6 Å². The van der Waals surface area contributed by atoms with Crippen molar-refractivity contribution < 1.29 is 0 Å². The number of rotatable bonds is 6. The molecule has 5 nitrogen and oxygen atoms in total. The van der Waals surface area contributed by atoms with Crippen molar-refractivity contribution in [3.8, 4) is 0 Å². The van der Waals surface area contributed by atoms with Crippen molar-refractivity contribution in [1.82, 2.24) is 15.0 Å². The van der Waals surface area contributed by atoms with Gasteiger partial charge in [-0.1, -0.05) is 13.0 Å². The van der Waals surface area contributed by atoms with Crippen LogP contribution in [0, 0.1) is 6.92 Å². The molecule has 0 aliphatic rings. The first-order valence-corrected chi connectivity index (χ1v) is 7.39. The van der Waals surface area contributed by atoms with E-state index in [4.69, 9.17) is 0 Å². The summed E-state index contributed by atoms with van der Waals surface area (Å²) >= 11 is 3.53. The molecule has 0 bridgehead atoms. The number of aromatic nitrogens is 3. The van der Waals surface area contributed by atoms with Crippen LogP contribution in [0.2, 0.25) is 0 Å². The molecule has 2 aromatic heterocycles. The highest BCUT2D eigenvalue weighted by molar-refractivity contribution is 9.10. The maximum absolute atomic E-state index is 4.28. The lowest BCUT2D eigenvalue weighted by Gasteiger charge is -2.11. The van der Waals surface area contributed by atoms with Crippen molar-refractivity contribution in [1.29, 1.82) is 0 Å². The van der Waals surface area contributed by atoms with Gasteiger partial charge in [-0.15, -0.1) is 0 Å². The molecule has 0 aliphatic heterocycles. The predicted octanol–water partition coefficient (Wildman–Crippen LogP) is 3.38. The second-order valence-electron chi connectivity index (χ2n) is 4.47. The molecule has 2 rings (SSSR count). The maximum Gasteiger partial charge on any atom is 0.146 e. The monoisotopic (exact) mass is 335 g/mol. The van der Waals surface area contributed by atoms with Crippen molar-refractivity contribution in [3.05, 3.63) is 40.4 Å². The molecule has 0 unspecified atom stereocenters. The lowest BCUT2D eigenvalue weighted by Crippen LogP contribution is -2.07. The molecule has 0 saturated carbocycles. The van der Waals surface area contributed by atoms with Crippen LogP contribution >= 0.6 is 15.9 Å². The van der Waals surface area contributed by atoms with Crippen molar-refractivity contribution >= 4 is 27.6 Å². The van der Waals surface area contributed by atoms with Crippen LogP contribution in [-0.4, -0.2) is 21.5 Å². The zero-order chi connectivity index (χ0) is 14.4. The molecule has 2 aromatic rings. The number of hydrogen-bond acceptors (Lipinski definition) is 5. The average Bonchev–Trinajstić information content (AvgIpc) is 2.47. The zero-order valence-electron chi connectivity index (χ0n) is 11.7. The molecule has 0 saturated heterocycles. The fraction of sp³-hybridized carbons (Fsp3) is 0.357. The molecule has 2 N–H and O–H groups in total. The van der Waals surface area contributed by atoms with E-state index in [0.29, 0.717) is 6.54 Å². The van der Waals surface area contributed by atoms with Gasteiger partial charge in [0.25, 0.3) is 0 Å². The van der Waals surface area contributed by atoms with Crippen LogP contribution in [-0.2, 0) is 6.54 Å². The Balaban J connectivity index is 2.03. The van der Waals surface area contributed by atoms with E-state index in [0.717, 1.165) is 40.3 Å². The van der Waals surface area contributed by atoms with Crippen LogP contribution in [0.3, 0.4) is 0 Å². The van der Waals surface area contributed by atoms with Gasteiger partial charge in [0, 0.05) is 25.0 Å². The molecule has 0 aliphatic carbocycles. The number of anilines is 2. The summed E-state index contributed by atoms with van der Waals surface area (Å²) in [6, 6.07) is 4.06. The van der Waals surface area contributed by atoms with Gasteiger partial charge in [-0.3, -0.25) is 4.98 Å². The Morgan fingerprint density at radius 3 is 2.50 bits per heavy atom. The van der Waals surface area contributed by atoms with E-state index in [1.165, 1.54) is 0 Å². The second-order valence-corrected chi connectivity index (χ2v) is 5.27. The van der Waals surface area contributed by atoms with Crippen LogP contribution in [0.1, 0.15) is 24.6 Å². The number of halogens is 1. The molecule has 106 valence electrons. The Morgan fingerprint density at radius 1 is 1.10 bits per heavy atom. The Labute approximate surface area is 127 Å². The standard InChI is InChI=1S/C14H18BrN5/c1-3-6-16-13-12(15)14(20-9-19-13)18-8-11-5-4-10(2)17-7-11/h4-5,7,9H,3,6,8H2,1-2H3,(H2,16,18,19,20). The quantitative estimate of drug-likeness (QED) is 0.847. The third-order valence-corrected chi connectivity index (χ3v) is 3.52. The van der Waals surface area contributed by atoms with E-state index in [1.54, 1.807) is 6.33 Å². The van der Waals surface area contributed by atoms with Crippen molar-refractivity contribution in [2.75, 3.05) is 17.2 Å². The summed E-state index contributed by atoms with van der Waals surface area (Å²) in [7, 11) is 0. The van der Waals surface area contributed by atoms with Crippen molar-refractivity contribution in [2.24, 2.45) is 0 Å². The van der Waals surface area contributed by atoms with Crippen molar-refractivity contribution in [2.45, 2.75) is 26.8 Å². The first-order chi connectivity index (χ1) is 9.70. The normalized spacial score (nSPS) is 10.3. The first kappa shape index (κ1) is 14.7. The Bertz CT molecular complexity index is 556. The van der Waals surface area contributed by atoms with E-state index in [9.17, 15) is 0 Å². The van der Waals surface area contributed by atoms with E-state index in [1.807, 2.05) is 19.2 Å². The van der Waals surface area contributed by atoms with Gasteiger partial charge in [0.1, 0.15) is 22.4 Å². The third-order valence-electron chi connectivity index (χ3n) is 2.76. The minimum atomic E-state index is 0.677. The highest BCUT2D eigenvalue weighted by Crippen LogP contribution is 2.26. The Hall–Kier alpha value is -1.69. The number of nitrogens with one attached hydrogen (secondary N) is 2. The van der Waals surface area contributed by atoms with Gasteiger partial charge in [-0.2, -0.15) is 0 Å². The SMILES string of the molecule is CCCNc1ncnc(NCc2ccc(C)nc2)c1Br. The van der Waals surface area contributed by atoms with Gasteiger partial charge >= 0.3 is 0 Å². The molecule has 0 aromatic carbocycles. The summed E-state index contributed by atoms with van der Waals surface area (Å²) in [6.07, 6.45) is 4.47. The number of nitrogens with zero attached hydrogens (tertiary/aromatic N) is 3. The Kier molecular flexibility index (Phi) is 5.29. The maximum atomic E-state index is 4.28. The van der Waals surface area contributed by atoms with E-state index in [-0.39, 0.29) is 0 Å². The molecule has 6 heteroatoms. The summed E-state index contributed by atoms with van der Waals surface area (Å²) in [5.41, 5.74) is 2.13. The molecule has 0 radical (unpaired) electrons. The van der Waals surface area contributed by atoms with Crippen molar-refractivity contribution in [3.63, 3.8) is 0 Å². The smallest absolute Gasteiger partial charge is 0.146 e. The number of hydrogen-bond donors (Lipinski definition) is 2. The van der Waals surface area contributed by atoms with Gasteiger partial charge in [0.05, 0.1) is 0 Å². The topological polar surface area (TPSA) is 62.7 Å². The predicted molar refractivity (Wildman–Crippen MR) is 84.8 cm³/mol. The highest BCUT2D eigenvalue weighted by Gasteiger charge is 2.07. The van der Waals surface area contributed by atoms with E-state index < -0.39 is 0 Å². The van der Waals surface area contributed by atoms with Gasteiger partial charge in [-0.05, 0) is 40.9 Å². The molecular weight excluding hydrogens is 318 g/mol. The van der Waals surface area contributed by atoms with Gasteiger partial charge < -0.3 is 10.6 Å². The zero-order valence-corrected chi connectivity index (χ0v) is 13.2. The molecule has 0 atom stereocenters. The highest BCUT2D eigenvalue weighted by atomic mass is 79.9. The molecular formula is C14H18BrN5. The van der Waals surface area contributed by atoms with E-state index in [2.05, 4.69) is 54.5 Å². The summed E-state index contributed by atoms with van der Waals surface area (Å²) < 4.78 is 0.855. The van der Waals surface area contributed by atoms with Gasteiger partial charge in [0.15, 0.2) is 0 Å². The first-order valence-electron chi connectivity index (χ1n) is 6.60. The van der Waals surface area contributed by atoms with Crippen LogP contribution in [0.4, 0.5) is 11.6 Å². The number of aryl methyl sites for hydroxylation is 1. The largest absolute Gasteiger partial charge is 0.369 e. The van der Waals surface area contributed by atoms with Crippen LogP contribution in [0.25, 0.3) is 0 Å². The molecule has 0 fully saturated rings. The summed E-state index contributed by atoms with van der Waals surface area (Å²) in [5.74, 6) is 1.59. The minimum absolute atomic E-state index is 0.677. The van der Waals surface area contributed by atoms with Crippen LogP contribution in [0.15, 0.2) is 29.1 Å². The average molecular weight is 336 g/mol. The molecule has 20 heavy (non-hydrogen) atoms. The minimum Gasteiger partial charge on any atom is -0.369 e. The molecule has 2 heterocycles. The second kappa shape index (κ2) is 7.19. The van der Waals surface area contributed by atoms with Crippen LogP contribution in [0.5, 0.6) is 0 Å². The third kappa shape index (κ3) is 3.90. The molecule has 0 spiro atoms.